The van der Waals surface area contributed by atoms with E-state index in [9.17, 15) is 9.90 Å². The Labute approximate surface area is 194 Å². The van der Waals surface area contributed by atoms with Gasteiger partial charge in [-0.2, -0.15) is 0 Å². The molecule has 2 aromatic carbocycles. The van der Waals surface area contributed by atoms with Crippen LogP contribution >= 0.6 is 15.9 Å². The number of aromatic carboxylic acids is 1. The SMILES string of the molecule is C=C(C)COc1ccc(Br)cc1-c1ccccc1-c1cccc(C(=O)[O-])n1.[Na+]. The molecule has 0 spiro atoms. The first kappa shape index (κ1) is 22.4. The molecule has 0 saturated heterocycles. The molecule has 0 N–H and O–H groups in total. The molecule has 0 radical (unpaired) electrons. The Hall–Kier alpha value is -1.92. The van der Waals surface area contributed by atoms with Crippen molar-refractivity contribution >= 4 is 21.9 Å². The molecular weight excluding hydrogens is 429 g/mol. The number of carboxylic acids is 1. The summed E-state index contributed by atoms with van der Waals surface area (Å²) in [6.45, 7) is 6.19. The van der Waals surface area contributed by atoms with Crippen molar-refractivity contribution in [2.24, 2.45) is 0 Å². The van der Waals surface area contributed by atoms with Gasteiger partial charge in [-0.25, -0.2) is 4.98 Å². The third-order valence-electron chi connectivity index (χ3n) is 3.87. The van der Waals surface area contributed by atoms with E-state index in [0.29, 0.717) is 18.1 Å². The second kappa shape index (κ2) is 10.0. The van der Waals surface area contributed by atoms with Gasteiger partial charge in [0.25, 0.3) is 0 Å². The van der Waals surface area contributed by atoms with Crippen LogP contribution in [0.5, 0.6) is 5.75 Å². The van der Waals surface area contributed by atoms with Gasteiger partial charge in [0.1, 0.15) is 12.4 Å². The number of carbonyl (C=O) groups is 1. The van der Waals surface area contributed by atoms with E-state index in [1.165, 1.54) is 6.07 Å². The maximum atomic E-state index is 11.2. The first-order valence-corrected chi connectivity index (χ1v) is 9.10. The van der Waals surface area contributed by atoms with Crippen LogP contribution in [0.15, 0.2) is 77.3 Å². The van der Waals surface area contributed by atoms with Crippen LogP contribution in [-0.2, 0) is 0 Å². The quantitative estimate of drug-likeness (QED) is 0.426. The van der Waals surface area contributed by atoms with Crippen LogP contribution in [-0.4, -0.2) is 17.6 Å². The van der Waals surface area contributed by atoms with Crippen molar-refractivity contribution in [1.82, 2.24) is 4.98 Å². The molecule has 1 aromatic heterocycles. The summed E-state index contributed by atoms with van der Waals surface area (Å²) in [5.41, 5.74) is 3.94. The molecule has 0 amide bonds. The minimum Gasteiger partial charge on any atom is -0.543 e. The molecule has 0 aliphatic carbocycles. The number of carbonyl (C=O) groups excluding carboxylic acids is 1. The maximum Gasteiger partial charge on any atom is 1.00 e. The van der Waals surface area contributed by atoms with Gasteiger partial charge in [-0.15, -0.1) is 0 Å². The summed E-state index contributed by atoms with van der Waals surface area (Å²) in [5, 5.41) is 11.2. The number of pyridine rings is 1. The van der Waals surface area contributed by atoms with Gasteiger partial charge in [0.2, 0.25) is 0 Å². The number of hydrogen-bond donors (Lipinski definition) is 0. The average molecular weight is 446 g/mol. The number of hydrogen-bond acceptors (Lipinski definition) is 4. The largest absolute Gasteiger partial charge is 1.00 e. The summed E-state index contributed by atoms with van der Waals surface area (Å²) < 4.78 is 6.82. The first-order chi connectivity index (χ1) is 13.0. The van der Waals surface area contributed by atoms with Crippen molar-refractivity contribution in [3.8, 4) is 28.1 Å². The maximum absolute atomic E-state index is 11.2. The Morgan fingerprint density at radius 2 is 1.79 bits per heavy atom. The first-order valence-electron chi connectivity index (χ1n) is 8.30. The monoisotopic (exact) mass is 445 g/mol. The minimum atomic E-state index is -1.30. The zero-order chi connectivity index (χ0) is 19.4. The van der Waals surface area contributed by atoms with Crippen LogP contribution in [0.3, 0.4) is 0 Å². The fourth-order valence-corrected chi connectivity index (χ4v) is 3.04. The Balaban J connectivity index is 0.00000280. The van der Waals surface area contributed by atoms with Crippen molar-refractivity contribution in [3.05, 3.63) is 83.0 Å². The molecule has 0 unspecified atom stereocenters. The van der Waals surface area contributed by atoms with Gasteiger partial charge in [0.05, 0.1) is 17.4 Å². The fraction of sp³-hybridized carbons (Fsp3) is 0.0909. The van der Waals surface area contributed by atoms with Crippen molar-refractivity contribution in [2.75, 3.05) is 6.61 Å². The topological polar surface area (TPSA) is 62.2 Å². The summed E-state index contributed by atoms with van der Waals surface area (Å²) in [6, 6.07) is 18.3. The molecular formula is C22H17BrNNaO3. The number of rotatable bonds is 6. The molecule has 136 valence electrons. The Morgan fingerprint density at radius 1 is 1.07 bits per heavy atom. The molecule has 28 heavy (non-hydrogen) atoms. The van der Waals surface area contributed by atoms with Crippen LogP contribution in [0.1, 0.15) is 17.4 Å². The van der Waals surface area contributed by atoms with Crippen molar-refractivity contribution in [3.63, 3.8) is 0 Å². The van der Waals surface area contributed by atoms with Gasteiger partial charge < -0.3 is 14.6 Å². The molecule has 6 heteroatoms. The molecule has 3 rings (SSSR count). The zero-order valence-corrected chi connectivity index (χ0v) is 19.3. The second-order valence-corrected chi connectivity index (χ2v) is 7.04. The summed E-state index contributed by atoms with van der Waals surface area (Å²) >= 11 is 3.51. The van der Waals surface area contributed by atoms with E-state index >= 15 is 0 Å². The van der Waals surface area contributed by atoms with Gasteiger partial charge in [0, 0.05) is 15.6 Å². The minimum absolute atomic E-state index is 0. The number of nitrogens with zero attached hydrogens (tertiary/aromatic N) is 1. The van der Waals surface area contributed by atoms with Crippen LogP contribution in [0.25, 0.3) is 22.4 Å². The van der Waals surface area contributed by atoms with Crippen molar-refractivity contribution in [1.29, 1.82) is 0 Å². The zero-order valence-electron chi connectivity index (χ0n) is 15.7. The van der Waals surface area contributed by atoms with Crippen molar-refractivity contribution < 1.29 is 44.2 Å². The molecule has 4 nitrogen and oxygen atoms in total. The number of aromatic nitrogens is 1. The van der Waals surface area contributed by atoms with Gasteiger partial charge >= 0.3 is 29.6 Å². The van der Waals surface area contributed by atoms with Crippen molar-refractivity contribution in [2.45, 2.75) is 6.92 Å². The molecule has 0 atom stereocenters. The standard InChI is InChI=1S/C22H18BrNO3.Na/c1-14(2)13-27-21-11-10-15(23)12-18(21)16-6-3-4-7-17(16)19-8-5-9-20(24-19)22(25)26;/h3-12H,1,13H2,2H3,(H,25,26);/q;+1/p-1. The van der Waals surface area contributed by atoms with E-state index in [0.717, 1.165) is 26.7 Å². The predicted octanol–water partition coefficient (Wildman–Crippen LogP) is 1.50. The summed E-state index contributed by atoms with van der Waals surface area (Å²) in [4.78, 5) is 15.4. The summed E-state index contributed by atoms with van der Waals surface area (Å²) in [5.74, 6) is -0.591. The van der Waals surface area contributed by atoms with Gasteiger partial charge in [-0.3, -0.25) is 0 Å². The summed E-state index contributed by atoms with van der Waals surface area (Å²) in [6.07, 6.45) is 0. The molecule has 1 heterocycles. The third-order valence-corrected chi connectivity index (χ3v) is 4.36. The number of carboxylic acid groups (broad SMARTS) is 1. The predicted molar refractivity (Wildman–Crippen MR) is 107 cm³/mol. The third kappa shape index (κ3) is 5.32. The van der Waals surface area contributed by atoms with E-state index < -0.39 is 5.97 Å². The van der Waals surface area contributed by atoms with E-state index in [2.05, 4.69) is 27.5 Å². The van der Waals surface area contributed by atoms with E-state index in [1.807, 2.05) is 49.4 Å². The summed E-state index contributed by atoms with van der Waals surface area (Å²) in [7, 11) is 0. The molecule has 0 bridgehead atoms. The van der Waals surface area contributed by atoms with E-state index in [1.54, 1.807) is 12.1 Å². The van der Waals surface area contributed by atoms with Gasteiger partial charge in [0.15, 0.2) is 0 Å². The Bertz CT molecular complexity index is 1020. The number of ether oxygens (including phenoxy) is 1. The second-order valence-electron chi connectivity index (χ2n) is 6.13. The Morgan fingerprint density at radius 3 is 2.46 bits per heavy atom. The molecule has 0 fully saturated rings. The molecule has 0 aliphatic heterocycles. The van der Waals surface area contributed by atoms with Crippen LogP contribution in [0, 0.1) is 0 Å². The van der Waals surface area contributed by atoms with Crippen LogP contribution < -0.4 is 39.4 Å². The Kier molecular flexibility index (Phi) is 8.01. The van der Waals surface area contributed by atoms with Crippen LogP contribution in [0.2, 0.25) is 0 Å². The average Bonchev–Trinajstić information content (AvgIpc) is 2.67. The molecule has 3 aromatic rings. The number of halogens is 1. The fourth-order valence-electron chi connectivity index (χ4n) is 2.68. The molecule has 0 aliphatic rings. The van der Waals surface area contributed by atoms with Crippen LogP contribution in [0.4, 0.5) is 0 Å². The van der Waals surface area contributed by atoms with Gasteiger partial charge in [-0.1, -0.05) is 52.8 Å². The van der Waals surface area contributed by atoms with E-state index in [-0.39, 0.29) is 35.3 Å². The smallest absolute Gasteiger partial charge is 0.543 e. The normalized spacial score (nSPS) is 10.1. The number of benzene rings is 2. The van der Waals surface area contributed by atoms with Gasteiger partial charge in [-0.05, 0) is 48.4 Å². The molecule has 0 saturated carbocycles. The van der Waals surface area contributed by atoms with E-state index in [4.69, 9.17) is 4.74 Å².